The Bertz CT molecular complexity index is 1360. The van der Waals surface area contributed by atoms with Crippen molar-refractivity contribution in [2.45, 2.75) is 182 Å². The van der Waals surface area contributed by atoms with Crippen molar-refractivity contribution >= 4 is 30.0 Å². The number of carbonyl (C=O) groups is 5. The number of methoxy groups -OCH3 is 1. The van der Waals surface area contributed by atoms with Crippen molar-refractivity contribution < 1.29 is 52.4 Å². The molecule has 11 heteroatoms. The van der Waals surface area contributed by atoms with Gasteiger partial charge in [-0.1, -0.05) is 107 Å². The lowest BCUT2D eigenvalue weighted by atomic mass is 9.73. The number of hydrogen-bond donors (Lipinski definition) is 0. The highest BCUT2D eigenvalue weighted by molar-refractivity contribution is 5.78. The fourth-order valence-electron chi connectivity index (χ4n) is 7.31. The maximum absolute atomic E-state index is 13.6. The van der Waals surface area contributed by atoms with Crippen LogP contribution in [0.2, 0.25) is 0 Å². The van der Waals surface area contributed by atoms with Gasteiger partial charge in [0.25, 0.3) is 0 Å². The van der Waals surface area contributed by atoms with Crippen molar-refractivity contribution in [1.29, 1.82) is 0 Å². The minimum Gasteiger partial charge on any atom is -0.461 e. The molecule has 0 aromatic rings. The molecule has 0 aliphatic carbocycles. The Hall–Kier alpha value is -3.37. The van der Waals surface area contributed by atoms with Gasteiger partial charge < -0.3 is 28.4 Å². The van der Waals surface area contributed by atoms with E-state index >= 15 is 0 Å². The molecular formula is C47H82O11. The van der Waals surface area contributed by atoms with Crippen LogP contribution < -0.4 is 0 Å². The third-order valence-corrected chi connectivity index (χ3v) is 9.40. The maximum atomic E-state index is 13.6. The summed E-state index contributed by atoms with van der Waals surface area (Å²) in [4.78, 5) is 65.2. The first kappa shape index (κ1) is 54.6. The van der Waals surface area contributed by atoms with E-state index in [2.05, 4.69) is 98.3 Å². The van der Waals surface area contributed by atoms with Crippen molar-refractivity contribution in [2.24, 2.45) is 43.3 Å². The molecule has 336 valence electrons. The van der Waals surface area contributed by atoms with Crippen LogP contribution in [0.5, 0.6) is 0 Å². The van der Waals surface area contributed by atoms with E-state index < -0.39 is 64.1 Å². The molecule has 0 saturated heterocycles. The molecule has 0 aromatic carbocycles. The second kappa shape index (κ2) is 21.2. The molecule has 0 amide bonds. The molecule has 0 bridgehead atoms. The average Bonchev–Trinajstić information content (AvgIpc) is 2.98. The van der Waals surface area contributed by atoms with Crippen LogP contribution >= 0.6 is 0 Å². The van der Waals surface area contributed by atoms with Gasteiger partial charge >= 0.3 is 30.0 Å². The quantitative estimate of drug-likeness (QED) is 0.0446. The molecule has 1 atom stereocenters. The molecule has 0 fully saturated rings. The summed E-state index contributed by atoms with van der Waals surface area (Å²) >= 11 is 0. The third-order valence-electron chi connectivity index (χ3n) is 9.40. The minimum atomic E-state index is -1.18. The van der Waals surface area contributed by atoms with Gasteiger partial charge in [0, 0.05) is 6.92 Å². The van der Waals surface area contributed by atoms with Gasteiger partial charge in [-0.15, -0.1) is 0 Å². The molecule has 58 heavy (non-hydrogen) atoms. The van der Waals surface area contributed by atoms with Gasteiger partial charge in [0.05, 0.1) is 29.8 Å². The van der Waals surface area contributed by atoms with Gasteiger partial charge in [-0.3, -0.25) is 19.2 Å². The number of ether oxygens (including phenoxy) is 6. The zero-order valence-electron chi connectivity index (χ0n) is 40.1. The molecule has 0 spiro atoms. The molecule has 0 aromatic heterocycles. The molecule has 1 unspecified atom stereocenters. The van der Waals surface area contributed by atoms with E-state index in [1.165, 1.54) is 6.92 Å². The van der Waals surface area contributed by atoms with Crippen LogP contribution in [-0.4, -0.2) is 62.8 Å². The zero-order chi connectivity index (χ0) is 45.8. The smallest absolute Gasteiger partial charge is 0.461 e. The van der Waals surface area contributed by atoms with Crippen molar-refractivity contribution in [2.75, 3.05) is 20.3 Å². The lowest BCUT2D eigenvalue weighted by Gasteiger charge is -2.34. The lowest BCUT2D eigenvalue weighted by Crippen LogP contribution is -2.39. The number of hydrogen-bond acceptors (Lipinski definition) is 11. The Morgan fingerprint density at radius 2 is 0.897 bits per heavy atom. The molecule has 0 N–H and O–H groups in total. The molecule has 0 heterocycles. The summed E-state index contributed by atoms with van der Waals surface area (Å²) in [6.45, 7) is 36.4. The fraction of sp³-hybridized carbons (Fsp3) is 0.809. The summed E-state index contributed by atoms with van der Waals surface area (Å²) < 4.78 is 32.1. The minimum absolute atomic E-state index is 0.114. The second-order valence-electron chi connectivity index (χ2n) is 22.7. The standard InChI is InChI=1S/C47H82O11/c1-33(57-39(52)53-20)56-38(51)47(18,19)32-44(12,13)27-35(48)58-34(28-54-36(49)45(14,15)30-42(8,9)25-21-23-40(2,3)4)29-55-37(50)46(16,17)31-43(10,11)26-22-24-41(5,6)7/h21-22,25-26,33-34H,23-24,27-32H2,1-20H3/b25-21-,26-22-. The Balaban J connectivity index is 6.09. The zero-order valence-corrected chi connectivity index (χ0v) is 40.1. The molecule has 0 radical (unpaired) electrons. The maximum Gasteiger partial charge on any atom is 0.511 e. The lowest BCUT2D eigenvalue weighted by molar-refractivity contribution is -0.180. The molecular weight excluding hydrogens is 741 g/mol. The molecule has 0 aliphatic heterocycles. The summed E-state index contributed by atoms with van der Waals surface area (Å²) in [7, 11) is 1.15. The monoisotopic (exact) mass is 823 g/mol. The highest BCUT2D eigenvalue weighted by Crippen LogP contribution is 2.40. The summed E-state index contributed by atoms with van der Waals surface area (Å²) in [5, 5.41) is 0. The predicted octanol–water partition coefficient (Wildman–Crippen LogP) is 11.4. The summed E-state index contributed by atoms with van der Waals surface area (Å²) in [5.74, 6) is -2.19. The van der Waals surface area contributed by atoms with Gasteiger partial charge in [0.15, 0.2) is 6.10 Å². The predicted molar refractivity (Wildman–Crippen MR) is 228 cm³/mol. The number of rotatable bonds is 22. The first-order valence-electron chi connectivity index (χ1n) is 20.7. The van der Waals surface area contributed by atoms with Crippen LogP contribution in [0.3, 0.4) is 0 Å². The van der Waals surface area contributed by atoms with E-state index in [1.807, 2.05) is 41.5 Å². The molecule has 0 rings (SSSR count). The van der Waals surface area contributed by atoms with E-state index in [-0.39, 0.29) is 47.7 Å². The highest BCUT2D eigenvalue weighted by Gasteiger charge is 2.40. The van der Waals surface area contributed by atoms with Gasteiger partial charge in [-0.25, -0.2) is 4.79 Å². The third kappa shape index (κ3) is 23.3. The van der Waals surface area contributed by atoms with Crippen LogP contribution in [0.4, 0.5) is 4.79 Å². The van der Waals surface area contributed by atoms with Crippen LogP contribution in [-0.2, 0) is 47.6 Å². The van der Waals surface area contributed by atoms with E-state index in [9.17, 15) is 24.0 Å². The second-order valence-corrected chi connectivity index (χ2v) is 22.7. The molecule has 0 aliphatic rings. The normalized spacial score (nSPS) is 14.4. The fourth-order valence-corrected chi connectivity index (χ4v) is 7.31. The highest BCUT2D eigenvalue weighted by atomic mass is 16.8. The van der Waals surface area contributed by atoms with Crippen LogP contribution in [0, 0.1) is 43.3 Å². The first-order valence-corrected chi connectivity index (χ1v) is 20.7. The van der Waals surface area contributed by atoms with Crippen LogP contribution in [0.25, 0.3) is 0 Å². The van der Waals surface area contributed by atoms with E-state index in [1.54, 1.807) is 13.8 Å². The van der Waals surface area contributed by atoms with Gasteiger partial charge in [0.2, 0.25) is 6.29 Å². The van der Waals surface area contributed by atoms with Crippen molar-refractivity contribution in [3.8, 4) is 0 Å². The Kier molecular flexibility index (Phi) is 20.0. The van der Waals surface area contributed by atoms with Crippen molar-refractivity contribution in [3.63, 3.8) is 0 Å². The Morgan fingerprint density at radius 3 is 1.26 bits per heavy atom. The van der Waals surface area contributed by atoms with Crippen molar-refractivity contribution in [3.05, 3.63) is 24.3 Å². The number of carbonyl (C=O) groups excluding carboxylic acids is 5. The van der Waals surface area contributed by atoms with Gasteiger partial charge in [0.1, 0.15) is 13.2 Å². The van der Waals surface area contributed by atoms with Crippen molar-refractivity contribution in [1.82, 2.24) is 0 Å². The van der Waals surface area contributed by atoms with Crippen LogP contribution in [0.1, 0.15) is 170 Å². The van der Waals surface area contributed by atoms with E-state index in [4.69, 9.17) is 23.7 Å². The van der Waals surface area contributed by atoms with E-state index in [0.717, 1.165) is 20.0 Å². The SMILES string of the molecule is COC(=O)OC(C)OC(=O)C(C)(C)CC(C)(C)CC(=O)OC(COC(=O)C(C)(C)CC(C)(C)/C=C\CC(C)(C)C)COC(=O)C(C)(C)CC(C)(C)/C=C\CC(C)(C)C. The summed E-state index contributed by atoms with van der Waals surface area (Å²) in [5.41, 5.74) is -3.92. The Morgan fingerprint density at radius 1 is 0.517 bits per heavy atom. The van der Waals surface area contributed by atoms with E-state index in [0.29, 0.717) is 12.8 Å². The molecule has 11 nitrogen and oxygen atoms in total. The van der Waals surface area contributed by atoms with Gasteiger partial charge in [-0.2, -0.15) is 0 Å². The first-order chi connectivity index (χ1) is 25.8. The average molecular weight is 823 g/mol. The summed E-state index contributed by atoms with van der Waals surface area (Å²) in [6, 6.07) is 0. The largest absolute Gasteiger partial charge is 0.511 e. The number of esters is 4. The van der Waals surface area contributed by atoms with Crippen LogP contribution in [0.15, 0.2) is 24.3 Å². The Labute approximate surface area is 352 Å². The molecule has 0 saturated carbocycles. The number of allylic oxidation sites excluding steroid dienone is 4. The summed E-state index contributed by atoms with van der Waals surface area (Å²) in [6.07, 6.45) is 8.24. The topological polar surface area (TPSA) is 141 Å². The van der Waals surface area contributed by atoms with Gasteiger partial charge in [-0.05, 0) is 101 Å².